The average Bonchev–Trinajstić information content (AvgIpc) is 3.14. The van der Waals surface area contributed by atoms with Crippen LogP contribution in [0.5, 0.6) is 0 Å². The Hall–Kier alpha value is -3.56. The van der Waals surface area contributed by atoms with Gasteiger partial charge in [0.1, 0.15) is 17.7 Å². The van der Waals surface area contributed by atoms with Gasteiger partial charge in [-0.15, -0.1) is 0 Å². The second kappa shape index (κ2) is 9.13. The van der Waals surface area contributed by atoms with Crippen molar-refractivity contribution in [1.29, 1.82) is 0 Å². The Bertz CT molecular complexity index is 1420. The van der Waals surface area contributed by atoms with E-state index in [0.717, 1.165) is 34.8 Å². The van der Waals surface area contributed by atoms with Crippen molar-refractivity contribution >= 4 is 27.0 Å². The van der Waals surface area contributed by atoms with Gasteiger partial charge in [-0.3, -0.25) is 4.79 Å². The summed E-state index contributed by atoms with van der Waals surface area (Å²) in [5.74, 6) is -1.01. The van der Waals surface area contributed by atoms with Crippen molar-refractivity contribution in [3.05, 3.63) is 95.6 Å². The fourth-order valence-electron chi connectivity index (χ4n) is 3.69. The Balaban J connectivity index is 1.76. The molecule has 1 amide bonds. The zero-order chi connectivity index (χ0) is 23.6. The van der Waals surface area contributed by atoms with Crippen LogP contribution in [0.25, 0.3) is 11.0 Å². The Morgan fingerprint density at radius 3 is 2.45 bits per heavy atom. The van der Waals surface area contributed by atoms with E-state index in [1.54, 1.807) is 6.92 Å². The Morgan fingerprint density at radius 1 is 1.06 bits per heavy atom. The lowest BCUT2D eigenvalue weighted by Gasteiger charge is -2.20. The van der Waals surface area contributed by atoms with Crippen LogP contribution < -0.4 is 10.0 Å². The molecular weight excluding hydrogens is 443 g/mol. The normalized spacial score (nSPS) is 12.6. The number of fused-ring (bicyclic) bond motifs is 1. The minimum Gasteiger partial charge on any atom is -0.338 e. The third kappa shape index (κ3) is 4.50. The molecule has 0 radical (unpaired) electrons. The van der Waals surface area contributed by atoms with Gasteiger partial charge in [-0.1, -0.05) is 49.4 Å². The summed E-state index contributed by atoms with van der Waals surface area (Å²) < 4.78 is 43.5. The van der Waals surface area contributed by atoms with Crippen LogP contribution in [0, 0.1) is 5.82 Å². The van der Waals surface area contributed by atoms with Gasteiger partial charge in [0.05, 0.1) is 21.5 Å². The second-order valence-corrected chi connectivity index (χ2v) is 9.24. The van der Waals surface area contributed by atoms with E-state index >= 15 is 0 Å². The lowest BCUT2D eigenvalue weighted by molar-refractivity contribution is 0.0937. The molecule has 33 heavy (non-hydrogen) atoms. The predicted octanol–water partition coefficient (Wildman–Crippen LogP) is 3.53. The minimum absolute atomic E-state index is 0.171. The maximum absolute atomic E-state index is 14.6. The number of imidazole rings is 1. The van der Waals surface area contributed by atoms with Crippen LogP contribution in [0.4, 0.5) is 4.39 Å². The molecule has 4 rings (SSSR count). The Kier molecular flexibility index (Phi) is 6.26. The molecule has 7 nitrogen and oxygen atoms in total. The van der Waals surface area contributed by atoms with E-state index in [2.05, 4.69) is 15.0 Å². The number of para-hydroxylation sites is 2. The summed E-state index contributed by atoms with van der Waals surface area (Å²) in [6, 6.07) is 19.2. The molecule has 0 aliphatic heterocycles. The summed E-state index contributed by atoms with van der Waals surface area (Å²) >= 11 is 0. The number of hydrogen-bond acceptors (Lipinski definition) is 4. The summed E-state index contributed by atoms with van der Waals surface area (Å²) in [5, 5.41) is 2.84. The molecule has 170 valence electrons. The Labute approximate surface area is 191 Å². The van der Waals surface area contributed by atoms with Crippen LogP contribution in [0.2, 0.25) is 0 Å². The largest absolute Gasteiger partial charge is 0.338 e. The number of carbonyl (C=O) groups excluding carboxylic acids is 1. The molecule has 0 spiro atoms. The topological polar surface area (TPSA) is 93.1 Å². The van der Waals surface area contributed by atoms with Crippen LogP contribution in [0.1, 0.15) is 34.7 Å². The maximum atomic E-state index is 14.6. The van der Waals surface area contributed by atoms with E-state index in [1.807, 2.05) is 66.2 Å². The fourth-order valence-corrected chi connectivity index (χ4v) is 4.76. The number of benzene rings is 3. The van der Waals surface area contributed by atoms with E-state index in [0.29, 0.717) is 5.82 Å². The van der Waals surface area contributed by atoms with Gasteiger partial charge in [0.15, 0.2) is 0 Å². The summed E-state index contributed by atoms with van der Waals surface area (Å²) in [7, 11) is -2.01. The third-order valence-electron chi connectivity index (χ3n) is 5.32. The van der Waals surface area contributed by atoms with Gasteiger partial charge >= 0.3 is 0 Å². The Morgan fingerprint density at radius 2 is 1.76 bits per heavy atom. The first kappa shape index (κ1) is 22.6. The van der Waals surface area contributed by atoms with Gasteiger partial charge in [0, 0.05) is 13.6 Å². The molecule has 1 aromatic heterocycles. The zero-order valence-electron chi connectivity index (χ0n) is 18.1. The number of sulfonamides is 1. The van der Waals surface area contributed by atoms with Crippen molar-refractivity contribution in [2.24, 2.45) is 7.05 Å². The highest BCUT2D eigenvalue weighted by atomic mass is 32.2. The number of aromatic nitrogens is 2. The number of rotatable bonds is 7. The molecule has 4 aromatic rings. The first-order valence-electron chi connectivity index (χ1n) is 10.4. The molecule has 0 bridgehead atoms. The van der Waals surface area contributed by atoms with E-state index in [4.69, 9.17) is 0 Å². The summed E-state index contributed by atoms with van der Waals surface area (Å²) in [5.41, 5.74) is 2.03. The van der Waals surface area contributed by atoms with Crippen LogP contribution in [0.3, 0.4) is 0 Å². The monoisotopic (exact) mass is 466 g/mol. The maximum Gasteiger partial charge on any atom is 0.255 e. The standard InChI is InChI=1S/C24H23FN4O3S/c1-3-26-33(31,32)17-13-14-19(25)18(15-17)24(30)28-22(16-9-5-4-6-10-16)23-27-20-11-7-8-12-21(20)29(23)2/h4-15,22,26H,3H2,1-2H3,(H,28,30). The minimum atomic E-state index is -3.85. The van der Waals surface area contributed by atoms with Crippen LogP contribution in [-0.4, -0.2) is 30.4 Å². The average molecular weight is 467 g/mol. The quantitative estimate of drug-likeness (QED) is 0.436. The van der Waals surface area contributed by atoms with E-state index in [1.165, 1.54) is 0 Å². The van der Waals surface area contributed by atoms with Crippen molar-refractivity contribution in [3.8, 4) is 0 Å². The van der Waals surface area contributed by atoms with Crippen LogP contribution >= 0.6 is 0 Å². The highest BCUT2D eigenvalue weighted by Gasteiger charge is 2.25. The molecule has 2 N–H and O–H groups in total. The van der Waals surface area contributed by atoms with Crippen molar-refractivity contribution in [1.82, 2.24) is 19.6 Å². The van der Waals surface area contributed by atoms with Gasteiger partial charge in [-0.05, 0) is 35.9 Å². The molecule has 0 fully saturated rings. The highest BCUT2D eigenvalue weighted by Crippen LogP contribution is 2.26. The first-order valence-corrected chi connectivity index (χ1v) is 11.9. The smallest absolute Gasteiger partial charge is 0.255 e. The molecule has 1 heterocycles. The highest BCUT2D eigenvalue weighted by molar-refractivity contribution is 7.89. The molecule has 0 aliphatic carbocycles. The number of aryl methyl sites for hydroxylation is 1. The van der Waals surface area contributed by atoms with E-state index in [9.17, 15) is 17.6 Å². The van der Waals surface area contributed by atoms with Gasteiger partial charge < -0.3 is 9.88 Å². The van der Waals surface area contributed by atoms with Crippen molar-refractivity contribution < 1.29 is 17.6 Å². The van der Waals surface area contributed by atoms with Crippen LogP contribution in [0.15, 0.2) is 77.7 Å². The van der Waals surface area contributed by atoms with Crippen LogP contribution in [-0.2, 0) is 17.1 Å². The van der Waals surface area contributed by atoms with Gasteiger partial charge in [-0.2, -0.15) is 0 Å². The number of nitrogens with zero attached hydrogens (tertiary/aromatic N) is 2. The lowest BCUT2D eigenvalue weighted by Crippen LogP contribution is -2.32. The third-order valence-corrected chi connectivity index (χ3v) is 6.86. The molecule has 9 heteroatoms. The number of halogens is 1. The molecule has 0 saturated carbocycles. The summed E-state index contributed by atoms with van der Waals surface area (Å²) in [6.07, 6.45) is 0. The van der Waals surface area contributed by atoms with Gasteiger partial charge in [0.2, 0.25) is 10.0 Å². The fraction of sp³-hybridized carbons (Fsp3) is 0.167. The lowest BCUT2D eigenvalue weighted by atomic mass is 10.1. The van der Waals surface area contributed by atoms with Gasteiger partial charge in [0.25, 0.3) is 5.91 Å². The predicted molar refractivity (Wildman–Crippen MR) is 124 cm³/mol. The van der Waals surface area contributed by atoms with Crippen molar-refractivity contribution in [3.63, 3.8) is 0 Å². The molecular formula is C24H23FN4O3S. The molecule has 3 aromatic carbocycles. The number of amides is 1. The zero-order valence-corrected chi connectivity index (χ0v) is 18.9. The number of carbonyl (C=O) groups is 1. The molecule has 0 saturated heterocycles. The summed E-state index contributed by atoms with van der Waals surface area (Å²) in [6.45, 7) is 1.81. The van der Waals surface area contributed by atoms with E-state index in [-0.39, 0.29) is 17.0 Å². The number of hydrogen-bond donors (Lipinski definition) is 2. The first-order chi connectivity index (χ1) is 15.8. The molecule has 0 aliphatic rings. The van der Waals surface area contributed by atoms with Gasteiger partial charge in [-0.25, -0.2) is 22.5 Å². The van der Waals surface area contributed by atoms with Crippen molar-refractivity contribution in [2.45, 2.75) is 17.9 Å². The number of nitrogens with one attached hydrogen (secondary N) is 2. The molecule has 1 atom stereocenters. The second-order valence-electron chi connectivity index (χ2n) is 7.48. The SMILES string of the molecule is CCNS(=O)(=O)c1ccc(F)c(C(=O)NC(c2ccccc2)c2nc3ccccc3n2C)c1. The van der Waals surface area contributed by atoms with E-state index < -0.39 is 27.8 Å². The van der Waals surface area contributed by atoms with Crippen molar-refractivity contribution in [2.75, 3.05) is 6.54 Å². The molecule has 1 unspecified atom stereocenters. The summed E-state index contributed by atoms with van der Waals surface area (Å²) in [4.78, 5) is 17.7.